The number of amides is 1. The number of hydrogen-bond donors (Lipinski definition) is 0. The molecule has 0 fully saturated rings. The van der Waals surface area contributed by atoms with Crippen molar-refractivity contribution in [2.45, 2.75) is 18.2 Å². The number of halogens is 4. The summed E-state index contributed by atoms with van der Waals surface area (Å²) < 4.78 is 31.3. The first-order valence-electron chi connectivity index (χ1n) is 6.67. The Labute approximate surface area is 145 Å². The Hall–Kier alpha value is -1.65. The Morgan fingerprint density at radius 1 is 1.52 bits per heavy atom. The molecule has 4 nitrogen and oxygen atoms in total. The van der Waals surface area contributed by atoms with Crippen molar-refractivity contribution in [3.05, 3.63) is 34.3 Å². The highest BCUT2D eigenvalue weighted by molar-refractivity contribution is 9.10. The quantitative estimate of drug-likeness (QED) is 0.700. The molecule has 2 rings (SSSR count). The van der Waals surface area contributed by atoms with Crippen molar-refractivity contribution < 1.29 is 18.3 Å². The van der Waals surface area contributed by atoms with Crippen LogP contribution in [0, 0.1) is 11.3 Å². The van der Waals surface area contributed by atoms with Crippen LogP contribution in [-0.4, -0.2) is 35.8 Å². The number of benzene rings is 1. The van der Waals surface area contributed by atoms with Crippen LogP contribution in [0.1, 0.15) is 12.0 Å². The van der Waals surface area contributed by atoms with Crippen molar-refractivity contribution in [2.75, 3.05) is 13.2 Å². The third-order valence-electron chi connectivity index (χ3n) is 3.18. The molecule has 0 aliphatic carbocycles. The molecule has 0 N–H and O–H groups in total. The van der Waals surface area contributed by atoms with Crippen molar-refractivity contribution in [3.8, 4) is 11.8 Å². The topological polar surface area (TPSA) is 53.3 Å². The predicted molar refractivity (Wildman–Crippen MR) is 85.2 cm³/mol. The molecule has 0 spiro atoms. The first kappa shape index (κ1) is 17.7. The smallest absolute Gasteiger partial charge is 0.256 e. The van der Waals surface area contributed by atoms with Gasteiger partial charge in [-0.25, -0.2) is 8.78 Å². The molecular formula is C15H12BrClF2N2O2. The van der Waals surface area contributed by atoms with E-state index in [1.807, 2.05) is 6.07 Å². The van der Waals surface area contributed by atoms with E-state index < -0.39 is 24.3 Å². The van der Waals surface area contributed by atoms with Gasteiger partial charge in [0.25, 0.3) is 6.43 Å². The largest absolute Gasteiger partial charge is 0.479 e. The van der Waals surface area contributed by atoms with Gasteiger partial charge in [0.05, 0.1) is 6.54 Å². The Kier molecular flexibility index (Phi) is 5.97. The average Bonchev–Trinajstić information content (AvgIpc) is 2.50. The van der Waals surface area contributed by atoms with Gasteiger partial charge >= 0.3 is 0 Å². The fraction of sp³-hybridized carbons (Fsp3) is 0.333. The van der Waals surface area contributed by atoms with Gasteiger partial charge in [0.15, 0.2) is 6.61 Å². The Balaban J connectivity index is 2.34. The first-order valence-corrected chi connectivity index (χ1v) is 7.90. The molecule has 1 aliphatic heterocycles. The molecule has 0 bridgehead atoms. The highest BCUT2D eigenvalue weighted by Gasteiger charge is 2.32. The van der Waals surface area contributed by atoms with Crippen LogP contribution >= 0.6 is 27.5 Å². The molecule has 1 aromatic rings. The van der Waals surface area contributed by atoms with Gasteiger partial charge in [-0.3, -0.25) is 4.79 Å². The summed E-state index contributed by atoms with van der Waals surface area (Å²) in [4.78, 5) is 13.1. The highest BCUT2D eigenvalue weighted by atomic mass is 79.9. The van der Waals surface area contributed by atoms with Crippen molar-refractivity contribution in [1.82, 2.24) is 4.90 Å². The van der Waals surface area contributed by atoms with Crippen LogP contribution in [0.4, 0.5) is 8.78 Å². The molecule has 8 heteroatoms. The second-order valence-electron chi connectivity index (χ2n) is 4.72. The summed E-state index contributed by atoms with van der Waals surface area (Å²) in [5, 5.41) is 7.67. The predicted octanol–water partition coefficient (Wildman–Crippen LogP) is 3.80. The summed E-state index contributed by atoms with van der Waals surface area (Å²) in [6.07, 6.45) is -0.729. The fourth-order valence-corrected chi connectivity index (χ4v) is 2.97. The van der Waals surface area contributed by atoms with Crippen LogP contribution in [0.5, 0.6) is 5.75 Å². The van der Waals surface area contributed by atoms with Crippen molar-refractivity contribution >= 4 is 39.1 Å². The van der Waals surface area contributed by atoms with Gasteiger partial charge in [-0.2, -0.15) is 5.26 Å². The minimum absolute atomic E-state index is 0.0988. The van der Waals surface area contributed by atoms with Gasteiger partial charge in [0.1, 0.15) is 17.2 Å². The Morgan fingerprint density at radius 2 is 2.26 bits per heavy atom. The van der Waals surface area contributed by atoms with Crippen LogP contribution in [0.2, 0.25) is 0 Å². The molecule has 1 heterocycles. The van der Waals surface area contributed by atoms with Gasteiger partial charge in [-0.05, 0) is 40.5 Å². The maximum Gasteiger partial charge on any atom is 0.256 e. The van der Waals surface area contributed by atoms with E-state index in [1.165, 1.54) is 0 Å². The van der Waals surface area contributed by atoms with Gasteiger partial charge in [0.2, 0.25) is 5.91 Å². The van der Waals surface area contributed by atoms with Crippen molar-refractivity contribution in [2.24, 2.45) is 0 Å². The zero-order valence-electron chi connectivity index (χ0n) is 11.8. The van der Waals surface area contributed by atoms with E-state index in [0.29, 0.717) is 21.5 Å². The lowest BCUT2D eigenvalue weighted by molar-refractivity contribution is -0.129. The number of ether oxygens (including phenoxy) is 1. The van der Waals surface area contributed by atoms with Crippen LogP contribution in [-0.2, 0) is 4.79 Å². The van der Waals surface area contributed by atoms with Gasteiger partial charge < -0.3 is 9.64 Å². The maximum atomic E-state index is 12.8. The minimum atomic E-state index is -2.67. The molecule has 0 saturated heterocycles. The molecule has 1 atom stereocenters. The normalized spacial score (nSPS) is 17.9. The molecule has 0 radical (unpaired) electrons. The number of hydrogen-bond acceptors (Lipinski definition) is 3. The molecule has 1 unspecified atom stereocenters. The summed E-state index contributed by atoms with van der Waals surface area (Å²) >= 11 is 9.22. The van der Waals surface area contributed by atoms with E-state index >= 15 is 0 Å². The van der Waals surface area contributed by atoms with Crippen LogP contribution in [0.3, 0.4) is 0 Å². The summed E-state index contributed by atoms with van der Waals surface area (Å²) in [7, 11) is 0. The van der Waals surface area contributed by atoms with E-state index in [4.69, 9.17) is 21.6 Å². The van der Waals surface area contributed by atoms with E-state index in [1.54, 1.807) is 24.3 Å². The van der Waals surface area contributed by atoms with Crippen molar-refractivity contribution in [1.29, 1.82) is 5.26 Å². The van der Waals surface area contributed by atoms with Crippen LogP contribution in [0.25, 0.3) is 5.70 Å². The molecular weight excluding hydrogens is 394 g/mol. The van der Waals surface area contributed by atoms with E-state index in [-0.39, 0.29) is 13.0 Å². The number of allylic oxidation sites excluding steroid dienone is 1. The third kappa shape index (κ3) is 4.21. The number of nitriles is 1. The number of alkyl halides is 3. The van der Waals surface area contributed by atoms with Crippen LogP contribution in [0.15, 0.2) is 28.7 Å². The summed E-state index contributed by atoms with van der Waals surface area (Å²) in [6.45, 7) is -0.814. The minimum Gasteiger partial charge on any atom is -0.479 e. The lowest BCUT2D eigenvalue weighted by Gasteiger charge is -2.31. The molecule has 0 saturated carbocycles. The Bertz CT molecular complexity index is 676. The van der Waals surface area contributed by atoms with E-state index in [9.17, 15) is 13.6 Å². The second-order valence-corrected chi connectivity index (χ2v) is 6.10. The zero-order valence-corrected chi connectivity index (χ0v) is 14.2. The molecule has 0 aromatic heterocycles. The summed E-state index contributed by atoms with van der Waals surface area (Å²) in [6, 6.07) is 6.72. The van der Waals surface area contributed by atoms with Gasteiger partial charge in [0, 0.05) is 15.7 Å². The first-order chi connectivity index (χ1) is 10.9. The van der Waals surface area contributed by atoms with E-state index in [0.717, 1.165) is 4.90 Å². The average molecular weight is 406 g/mol. The SMILES string of the molecule is N#CCOc1ccc(C2=CCC(Cl)C(=O)N2CC(F)F)c(Br)c1. The highest BCUT2D eigenvalue weighted by Crippen LogP contribution is 2.34. The van der Waals surface area contributed by atoms with Crippen molar-refractivity contribution in [3.63, 3.8) is 0 Å². The summed E-state index contributed by atoms with van der Waals surface area (Å²) in [5.74, 6) is -0.0817. The standard InChI is InChI=1S/C15H12BrClF2N2O2/c16-11-7-9(23-6-5-20)1-2-10(11)13-4-3-12(17)15(22)21(13)8-14(18)19/h1-2,4,7,12,14H,3,6,8H2. The number of nitrogens with zero attached hydrogens (tertiary/aromatic N) is 2. The number of carbonyl (C=O) groups excluding carboxylic acids is 1. The lowest BCUT2D eigenvalue weighted by atomic mass is 10.0. The third-order valence-corrected chi connectivity index (χ3v) is 4.20. The molecule has 1 aliphatic rings. The van der Waals surface area contributed by atoms with Gasteiger partial charge in [-0.1, -0.05) is 6.08 Å². The summed E-state index contributed by atoms with van der Waals surface area (Å²) in [5.41, 5.74) is 0.956. The monoisotopic (exact) mass is 404 g/mol. The second kappa shape index (κ2) is 7.75. The molecule has 23 heavy (non-hydrogen) atoms. The maximum absolute atomic E-state index is 12.8. The molecule has 122 valence electrons. The number of rotatable bonds is 5. The van der Waals surface area contributed by atoms with Gasteiger partial charge in [-0.15, -0.1) is 11.6 Å². The Morgan fingerprint density at radius 3 is 2.87 bits per heavy atom. The van der Waals surface area contributed by atoms with E-state index in [2.05, 4.69) is 15.9 Å². The molecule has 1 aromatic carbocycles. The number of carbonyl (C=O) groups is 1. The van der Waals surface area contributed by atoms with Crippen LogP contribution < -0.4 is 4.74 Å². The zero-order chi connectivity index (χ0) is 17.0. The fourth-order valence-electron chi connectivity index (χ4n) is 2.20. The molecule has 1 amide bonds. The lowest BCUT2D eigenvalue weighted by Crippen LogP contribution is -2.41.